The maximum atomic E-state index is 3.73. The topological polar surface area (TPSA) is 24.1 Å². The number of hydrogen-bond acceptors (Lipinski definition) is 2. The maximum Gasteiger partial charge on any atom is 0.0915 e. The van der Waals surface area contributed by atoms with Crippen molar-refractivity contribution in [3.8, 4) is 0 Å². The largest absolute Gasteiger partial charge is 0.370 e. The van der Waals surface area contributed by atoms with Crippen molar-refractivity contribution < 1.29 is 0 Å². The summed E-state index contributed by atoms with van der Waals surface area (Å²) in [5.41, 5.74) is 0. The molecule has 0 aromatic heterocycles. The van der Waals surface area contributed by atoms with Crippen molar-refractivity contribution in [1.29, 1.82) is 0 Å². The van der Waals surface area contributed by atoms with Crippen molar-refractivity contribution in [2.75, 3.05) is 6.54 Å². The Labute approximate surface area is 50.0 Å². The normalized spacial score (nSPS) is 27.1. The van der Waals surface area contributed by atoms with Gasteiger partial charge in [-0.3, -0.25) is 0 Å². The van der Waals surface area contributed by atoms with E-state index in [4.69, 9.17) is 0 Å². The summed E-state index contributed by atoms with van der Waals surface area (Å²) in [5.74, 6) is 0.969. The molecule has 0 aromatic rings. The van der Waals surface area contributed by atoms with Gasteiger partial charge >= 0.3 is 0 Å². The minimum absolute atomic E-state index is 0.613. The molecule has 0 bridgehead atoms. The van der Waals surface area contributed by atoms with Crippen LogP contribution in [-0.2, 0) is 0 Å². The third kappa shape index (κ3) is 0.941. The molecule has 0 radical (unpaired) electrons. The van der Waals surface area contributed by atoms with Crippen LogP contribution in [0.1, 0.15) is 13.3 Å². The van der Waals surface area contributed by atoms with Gasteiger partial charge in [-0.1, -0.05) is 13.5 Å². The lowest BCUT2D eigenvalue weighted by molar-refractivity contribution is 0.627. The van der Waals surface area contributed by atoms with E-state index >= 15 is 0 Å². The molecule has 0 saturated carbocycles. The number of hydrogen-bond donors (Lipinski definition) is 2. The first-order valence-corrected chi connectivity index (χ1v) is 3.02. The molecule has 2 heteroatoms. The monoisotopic (exact) mass is 112 g/mol. The predicted molar refractivity (Wildman–Crippen MR) is 34.4 cm³/mol. The van der Waals surface area contributed by atoms with Gasteiger partial charge in [0.15, 0.2) is 0 Å². The van der Waals surface area contributed by atoms with Crippen LogP contribution in [0, 0.1) is 0 Å². The third-order valence-electron chi connectivity index (χ3n) is 1.43. The van der Waals surface area contributed by atoms with E-state index in [-0.39, 0.29) is 0 Å². The van der Waals surface area contributed by atoms with Gasteiger partial charge in [0.25, 0.3) is 0 Å². The van der Waals surface area contributed by atoms with E-state index in [9.17, 15) is 0 Å². The summed E-state index contributed by atoms with van der Waals surface area (Å²) in [6, 6.07) is 0.613. The Morgan fingerprint density at radius 1 is 1.88 bits per heavy atom. The van der Waals surface area contributed by atoms with Crippen LogP contribution < -0.4 is 10.6 Å². The molecule has 8 heavy (non-hydrogen) atoms. The first kappa shape index (κ1) is 5.48. The van der Waals surface area contributed by atoms with Crippen LogP contribution in [0.15, 0.2) is 12.4 Å². The van der Waals surface area contributed by atoms with E-state index in [2.05, 4.69) is 24.1 Å². The molecule has 0 amide bonds. The zero-order valence-electron chi connectivity index (χ0n) is 5.20. The minimum Gasteiger partial charge on any atom is -0.370 e. The summed E-state index contributed by atoms with van der Waals surface area (Å²) in [6.07, 6.45) is 1.17. The van der Waals surface area contributed by atoms with Crippen molar-refractivity contribution in [2.24, 2.45) is 0 Å². The highest BCUT2D eigenvalue weighted by molar-refractivity contribution is 4.98. The SMILES string of the molecule is C=C1NCC(CC)N1. The first-order chi connectivity index (χ1) is 3.83. The highest BCUT2D eigenvalue weighted by atomic mass is 15.2. The second-order valence-corrected chi connectivity index (χ2v) is 2.11. The molecule has 46 valence electrons. The van der Waals surface area contributed by atoms with Gasteiger partial charge in [-0.05, 0) is 6.42 Å². The van der Waals surface area contributed by atoms with Crippen molar-refractivity contribution in [3.63, 3.8) is 0 Å². The van der Waals surface area contributed by atoms with Gasteiger partial charge in [0, 0.05) is 12.6 Å². The van der Waals surface area contributed by atoms with Crippen LogP contribution in [0.5, 0.6) is 0 Å². The van der Waals surface area contributed by atoms with Gasteiger partial charge in [0.05, 0.1) is 5.82 Å². The summed E-state index contributed by atoms with van der Waals surface area (Å²) in [7, 11) is 0. The average Bonchev–Trinajstić information content (AvgIpc) is 2.14. The molecule has 1 rings (SSSR count). The number of rotatable bonds is 1. The highest BCUT2D eigenvalue weighted by Gasteiger charge is 2.11. The Morgan fingerprint density at radius 3 is 2.88 bits per heavy atom. The Balaban J connectivity index is 2.32. The minimum atomic E-state index is 0.613. The summed E-state index contributed by atoms with van der Waals surface area (Å²) in [5, 5.41) is 6.31. The molecule has 2 N–H and O–H groups in total. The van der Waals surface area contributed by atoms with E-state index in [1.165, 1.54) is 6.42 Å². The summed E-state index contributed by atoms with van der Waals surface area (Å²) in [6.45, 7) is 6.93. The zero-order chi connectivity index (χ0) is 5.98. The molecule has 1 fully saturated rings. The van der Waals surface area contributed by atoms with Crippen molar-refractivity contribution >= 4 is 0 Å². The lowest BCUT2D eigenvalue weighted by Gasteiger charge is -2.02. The molecule has 1 aliphatic rings. The summed E-state index contributed by atoms with van der Waals surface area (Å²) in [4.78, 5) is 0. The van der Waals surface area contributed by atoms with Crippen LogP contribution in [0.2, 0.25) is 0 Å². The fourth-order valence-electron chi connectivity index (χ4n) is 0.841. The average molecular weight is 112 g/mol. The summed E-state index contributed by atoms with van der Waals surface area (Å²) < 4.78 is 0. The Morgan fingerprint density at radius 2 is 2.62 bits per heavy atom. The molecular formula is C6H12N2. The second kappa shape index (κ2) is 2.07. The Hall–Kier alpha value is -0.660. The smallest absolute Gasteiger partial charge is 0.0915 e. The fourth-order valence-corrected chi connectivity index (χ4v) is 0.841. The molecule has 1 saturated heterocycles. The van der Waals surface area contributed by atoms with Gasteiger partial charge in [0.1, 0.15) is 0 Å². The van der Waals surface area contributed by atoms with Gasteiger partial charge in [-0.15, -0.1) is 0 Å². The van der Waals surface area contributed by atoms with Crippen LogP contribution in [-0.4, -0.2) is 12.6 Å². The van der Waals surface area contributed by atoms with Gasteiger partial charge < -0.3 is 10.6 Å². The van der Waals surface area contributed by atoms with Gasteiger partial charge in [0.2, 0.25) is 0 Å². The van der Waals surface area contributed by atoms with Gasteiger partial charge in [-0.2, -0.15) is 0 Å². The zero-order valence-corrected chi connectivity index (χ0v) is 5.20. The molecule has 0 spiro atoms. The van der Waals surface area contributed by atoms with Crippen molar-refractivity contribution in [3.05, 3.63) is 12.4 Å². The lowest BCUT2D eigenvalue weighted by atomic mass is 10.2. The molecule has 1 unspecified atom stereocenters. The van der Waals surface area contributed by atoms with E-state index in [0.717, 1.165) is 12.4 Å². The summed E-state index contributed by atoms with van der Waals surface area (Å²) >= 11 is 0. The molecule has 1 heterocycles. The van der Waals surface area contributed by atoms with Crippen molar-refractivity contribution in [2.45, 2.75) is 19.4 Å². The third-order valence-corrected chi connectivity index (χ3v) is 1.43. The standard InChI is InChI=1S/C6H12N2/c1-3-6-4-7-5(2)8-6/h6-8H,2-4H2,1H3. The second-order valence-electron chi connectivity index (χ2n) is 2.11. The highest BCUT2D eigenvalue weighted by Crippen LogP contribution is 1.98. The van der Waals surface area contributed by atoms with Crippen molar-refractivity contribution in [1.82, 2.24) is 10.6 Å². The van der Waals surface area contributed by atoms with Crippen LogP contribution >= 0.6 is 0 Å². The maximum absolute atomic E-state index is 3.73. The molecule has 2 nitrogen and oxygen atoms in total. The van der Waals surface area contributed by atoms with E-state index in [1.54, 1.807) is 0 Å². The molecule has 1 atom stereocenters. The van der Waals surface area contributed by atoms with Crippen LogP contribution in [0.3, 0.4) is 0 Å². The predicted octanol–water partition coefficient (Wildman–Crippen LogP) is 0.429. The van der Waals surface area contributed by atoms with E-state index in [1.807, 2.05) is 0 Å². The van der Waals surface area contributed by atoms with Crippen LogP contribution in [0.25, 0.3) is 0 Å². The molecule has 0 aromatic carbocycles. The first-order valence-electron chi connectivity index (χ1n) is 3.02. The molecule has 0 aliphatic carbocycles. The Kier molecular flexibility index (Phi) is 1.42. The fraction of sp³-hybridized carbons (Fsp3) is 0.667. The molecule has 1 aliphatic heterocycles. The van der Waals surface area contributed by atoms with Gasteiger partial charge in [-0.25, -0.2) is 0 Å². The Bertz CT molecular complexity index is 98.7. The number of nitrogens with one attached hydrogen (secondary N) is 2. The quantitative estimate of drug-likeness (QED) is 0.514. The van der Waals surface area contributed by atoms with E-state index < -0.39 is 0 Å². The lowest BCUT2D eigenvalue weighted by Crippen LogP contribution is -2.20. The van der Waals surface area contributed by atoms with E-state index in [0.29, 0.717) is 6.04 Å². The van der Waals surface area contributed by atoms with Crippen LogP contribution in [0.4, 0.5) is 0 Å². The molecular weight excluding hydrogens is 100 g/mol.